The van der Waals surface area contributed by atoms with E-state index in [-0.39, 0.29) is 48.7 Å². The molecule has 0 spiro atoms. The molecular weight excluding hydrogens is 416 g/mol. The Balaban J connectivity index is 1.93. The van der Waals surface area contributed by atoms with E-state index < -0.39 is 23.9 Å². The van der Waals surface area contributed by atoms with Crippen molar-refractivity contribution in [1.29, 1.82) is 0 Å². The lowest BCUT2D eigenvalue weighted by Gasteiger charge is -2.11. The molecule has 0 aliphatic carbocycles. The molecule has 0 N–H and O–H groups in total. The second-order valence-corrected chi connectivity index (χ2v) is 6.14. The third-order valence-corrected chi connectivity index (χ3v) is 3.95. The van der Waals surface area contributed by atoms with Crippen LogP contribution in [0.1, 0.15) is 41.4 Å². The van der Waals surface area contributed by atoms with Crippen LogP contribution in [-0.2, 0) is 18.9 Å². The molecule has 0 radical (unpaired) electrons. The van der Waals surface area contributed by atoms with Gasteiger partial charge in [0.15, 0.2) is 0 Å². The molecule has 0 amide bonds. The highest BCUT2D eigenvalue weighted by molar-refractivity contribution is 6.04. The van der Waals surface area contributed by atoms with Gasteiger partial charge in [-0.25, -0.2) is 19.2 Å². The van der Waals surface area contributed by atoms with E-state index in [9.17, 15) is 19.2 Å². The first kappa shape index (κ1) is 24.1. The van der Waals surface area contributed by atoms with Crippen LogP contribution < -0.4 is 0 Å². The summed E-state index contributed by atoms with van der Waals surface area (Å²) in [5, 5.41) is 0. The molecule has 0 heterocycles. The van der Waals surface area contributed by atoms with Crippen LogP contribution in [0.2, 0.25) is 0 Å². The first-order valence-corrected chi connectivity index (χ1v) is 9.58. The van der Waals surface area contributed by atoms with Gasteiger partial charge in [0.2, 0.25) is 0 Å². The van der Waals surface area contributed by atoms with Crippen molar-refractivity contribution in [2.75, 3.05) is 26.4 Å². The normalized spacial score (nSPS) is 9.88. The molecule has 0 bridgehead atoms. The summed E-state index contributed by atoms with van der Waals surface area (Å²) in [4.78, 5) is 48.8. The smallest absolute Gasteiger partial charge is 0.339 e. The molecule has 0 fully saturated rings. The molecule has 8 heteroatoms. The number of esters is 4. The van der Waals surface area contributed by atoms with E-state index in [4.69, 9.17) is 18.9 Å². The fourth-order valence-corrected chi connectivity index (χ4v) is 2.53. The third kappa shape index (κ3) is 6.66. The zero-order chi connectivity index (χ0) is 23.3. The van der Waals surface area contributed by atoms with E-state index in [1.807, 2.05) is 0 Å². The number of carbonyl (C=O) groups is 4. The van der Waals surface area contributed by atoms with Crippen LogP contribution in [0.4, 0.5) is 0 Å². The molecule has 8 nitrogen and oxygen atoms in total. The van der Waals surface area contributed by atoms with Gasteiger partial charge in [0.25, 0.3) is 0 Å². The average molecular weight is 438 g/mol. The minimum absolute atomic E-state index is 0.000767. The quantitative estimate of drug-likeness (QED) is 0.228. The number of hydrogen-bond donors (Lipinski definition) is 0. The van der Waals surface area contributed by atoms with Crippen molar-refractivity contribution in [2.45, 2.75) is 0 Å². The number of ether oxygens (including phenoxy) is 4. The highest BCUT2D eigenvalue weighted by Gasteiger charge is 2.20. The summed E-state index contributed by atoms with van der Waals surface area (Å²) in [6.07, 6.45) is 2.81. The number of rotatable bonds is 11. The van der Waals surface area contributed by atoms with Gasteiger partial charge in [-0.2, -0.15) is 0 Å². The summed E-state index contributed by atoms with van der Waals surface area (Å²) in [7, 11) is 0. The minimum Gasteiger partial charge on any atom is -0.458 e. The summed E-state index contributed by atoms with van der Waals surface area (Å²) in [6, 6.07) is 12.0. The van der Waals surface area contributed by atoms with Gasteiger partial charge in [0, 0.05) is 0 Å². The molecule has 0 aliphatic rings. The van der Waals surface area contributed by atoms with Crippen LogP contribution in [0.3, 0.4) is 0 Å². The standard InChI is InChI=1S/C24H22O8/c1-3-13-29-21(25)17-9-5-7-11-19(17)23(27)31-15-16-32-24(28)20-12-8-6-10-18(20)22(26)30-14-4-2/h3-12H,1-2,13-16H2. The van der Waals surface area contributed by atoms with Crippen molar-refractivity contribution < 1.29 is 38.1 Å². The van der Waals surface area contributed by atoms with Crippen molar-refractivity contribution in [3.8, 4) is 0 Å². The van der Waals surface area contributed by atoms with E-state index in [0.717, 1.165) is 0 Å². The minimum atomic E-state index is -0.777. The number of benzene rings is 2. The van der Waals surface area contributed by atoms with Gasteiger partial charge in [-0.15, -0.1) is 0 Å². The predicted molar refractivity (Wildman–Crippen MR) is 114 cm³/mol. The topological polar surface area (TPSA) is 105 Å². The maximum absolute atomic E-state index is 12.3. The second-order valence-electron chi connectivity index (χ2n) is 6.14. The second kappa shape index (κ2) is 12.5. The maximum Gasteiger partial charge on any atom is 0.339 e. The summed E-state index contributed by atoms with van der Waals surface area (Å²) in [5.74, 6) is -2.94. The van der Waals surface area contributed by atoms with Crippen molar-refractivity contribution in [3.05, 3.63) is 96.1 Å². The van der Waals surface area contributed by atoms with Crippen LogP contribution in [-0.4, -0.2) is 50.3 Å². The van der Waals surface area contributed by atoms with Crippen molar-refractivity contribution in [3.63, 3.8) is 0 Å². The molecule has 0 saturated carbocycles. The fourth-order valence-electron chi connectivity index (χ4n) is 2.53. The van der Waals surface area contributed by atoms with Gasteiger partial charge in [0.05, 0.1) is 22.3 Å². The lowest BCUT2D eigenvalue weighted by Crippen LogP contribution is -2.18. The molecule has 0 aliphatic heterocycles. The third-order valence-electron chi connectivity index (χ3n) is 3.95. The first-order chi connectivity index (χ1) is 15.5. The Kier molecular flexibility index (Phi) is 9.39. The monoisotopic (exact) mass is 438 g/mol. The average Bonchev–Trinajstić information content (AvgIpc) is 2.83. The Hall–Kier alpha value is -4.20. The Morgan fingerprint density at radius 2 is 0.844 bits per heavy atom. The SMILES string of the molecule is C=CCOC(=O)c1ccccc1C(=O)OCCOC(=O)c1ccccc1C(=O)OCC=C. The molecular formula is C24H22O8. The van der Waals surface area contributed by atoms with E-state index in [1.54, 1.807) is 24.3 Å². The van der Waals surface area contributed by atoms with Gasteiger partial charge in [0.1, 0.15) is 26.4 Å². The van der Waals surface area contributed by atoms with Crippen molar-refractivity contribution in [2.24, 2.45) is 0 Å². The highest BCUT2D eigenvalue weighted by atomic mass is 16.6. The van der Waals surface area contributed by atoms with E-state index >= 15 is 0 Å². The number of carbonyl (C=O) groups excluding carboxylic acids is 4. The van der Waals surface area contributed by atoms with Crippen LogP contribution in [0.15, 0.2) is 73.8 Å². The number of hydrogen-bond acceptors (Lipinski definition) is 8. The van der Waals surface area contributed by atoms with E-state index in [2.05, 4.69) is 13.2 Å². The summed E-state index contributed by atoms with van der Waals surface area (Å²) in [6.45, 7) is 6.40. The van der Waals surface area contributed by atoms with Crippen LogP contribution in [0.5, 0.6) is 0 Å². The zero-order valence-electron chi connectivity index (χ0n) is 17.3. The predicted octanol–water partition coefficient (Wildman–Crippen LogP) is 3.39. The maximum atomic E-state index is 12.3. The summed E-state index contributed by atoms with van der Waals surface area (Å²) < 4.78 is 20.1. The van der Waals surface area contributed by atoms with Gasteiger partial charge >= 0.3 is 23.9 Å². The lowest BCUT2D eigenvalue weighted by molar-refractivity contribution is 0.0260. The van der Waals surface area contributed by atoms with Crippen LogP contribution in [0, 0.1) is 0 Å². The molecule has 166 valence electrons. The molecule has 0 atom stereocenters. The highest BCUT2D eigenvalue weighted by Crippen LogP contribution is 2.14. The van der Waals surface area contributed by atoms with E-state index in [1.165, 1.54) is 36.4 Å². The summed E-state index contributed by atoms with van der Waals surface area (Å²) in [5.41, 5.74) is 0.123. The van der Waals surface area contributed by atoms with Crippen LogP contribution in [0.25, 0.3) is 0 Å². The summed E-state index contributed by atoms with van der Waals surface area (Å²) >= 11 is 0. The zero-order valence-corrected chi connectivity index (χ0v) is 17.3. The first-order valence-electron chi connectivity index (χ1n) is 9.58. The van der Waals surface area contributed by atoms with Crippen molar-refractivity contribution in [1.82, 2.24) is 0 Å². The van der Waals surface area contributed by atoms with Crippen molar-refractivity contribution >= 4 is 23.9 Å². The molecule has 0 saturated heterocycles. The Morgan fingerprint density at radius 1 is 0.562 bits per heavy atom. The van der Waals surface area contributed by atoms with Crippen LogP contribution >= 0.6 is 0 Å². The lowest BCUT2D eigenvalue weighted by atomic mass is 10.1. The van der Waals surface area contributed by atoms with E-state index in [0.29, 0.717) is 0 Å². The molecule has 0 unspecified atom stereocenters. The molecule has 0 aromatic heterocycles. The molecule has 2 aromatic carbocycles. The Labute approximate surface area is 185 Å². The Bertz CT molecular complexity index is 927. The van der Waals surface area contributed by atoms with Gasteiger partial charge in [-0.1, -0.05) is 49.6 Å². The fraction of sp³-hybridized carbons (Fsp3) is 0.167. The van der Waals surface area contributed by atoms with Gasteiger partial charge in [-0.05, 0) is 24.3 Å². The molecule has 32 heavy (non-hydrogen) atoms. The van der Waals surface area contributed by atoms with Gasteiger partial charge < -0.3 is 18.9 Å². The largest absolute Gasteiger partial charge is 0.458 e. The Morgan fingerprint density at radius 3 is 1.12 bits per heavy atom. The van der Waals surface area contributed by atoms with Gasteiger partial charge in [-0.3, -0.25) is 0 Å². The molecule has 2 rings (SSSR count). The molecule has 2 aromatic rings.